The second-order valence-corrected chi connectivity index (χ2v) is 17.9. The Morgan fingerprint density at radius 3 is 1.91 bits per heavy atom. The standard InChI is InChI=1S/C27H48O4SSi/c1-10-11-15-24(31-33(21(4)5,22(6)7)23(8)9)18-19-26(27(28)20(2)3)32(29,30)25-16-13-12-14-17-25/h12-14,16-17,19-24,27-28H,10-11,15,18H2,1-9H3/b26-19-. The minimum absolute atomic E-state index is 0.0517. The molecule has 0 aliphatic rings. The van der Waals surface area contributed by atoms with Gasteiger partial charge in [-0.15, -0.1) is 0 Å². The fourth-order valence-electron chi connectivity index (χ4n) is 5.05. The summed E-state index contributed by atoms with van der Waals surface area (Å²) < 4.78 is 34.0. The van der Waals surface area contributed by atoms with Crippen molar-refractivity contribution in [2.24, 2.45) is 5.92 Å². The number of sulfone groups is 1. The number of hydrogen-bond donors (Lipinski definition) is 1. The first-order chi connectivity index (χ1) is 15.3. The number of hydrogen-bond acceptors (Lipinski definition) is 4. The molecular weight excluding hydrogens is 448 g/mol. The molecule has 2 atom stereocenters. The van der Waals surface area contributed by atoms with Gasteiger partial charge >= 0.3 is 0 Å². The van der Waals surface area contributed by atoms with Crippen LogP contribution in [0.3, 0.4) is 0 Å². The third kappa shape index (κ3) is 7.51. The van der Waals surface area contributed by atoms with Crippen molar-refractivity contribution in [2.75, 3.05) is 0 Å². The lowest BCUT2D eigenvalue weighted by atomic mass is 10.0. The lowest BCUT2D eigenvalue weighted by Crippen LogP contribution is -2.50. The molecule has 0 aliphatic carbocycles. The molecule has 0 spiro atoms. The van der Waals surface area contributed by atoms with Crippen molar-refractivity contribution in [2.45, 2.75) is 122 Å². The first-order valence-corrected chi connectivity index (χ1v) is 16.3. The van der Waals surface area contributed by atoms with Crippen molar-refractivity contribution < 1.29 is 18.0 Å². The molecular formula is C27H48O4SSi. The van der Waals surface area contributed by atoms with Crippen LogP contribution in [-0.4, -0.2) is 34.0 Å². The molecule has 1 aromatic rings. The second-order valence-electron chi connectivity index (χ2n) is 10.5. The summed E-state index contributed by atoms with van der Waals surface area (Å²) in [5.41, 5.74) is 1.37. The molecule has 0 radical (unpaired) electrons. The van der Waals surface area contributed by atoms with Gasteiger partial charge in [0.25, 0.3) is 0 Å². The van der Waals surface area contributed by atoms with E-state index in [2.05, 4.69) is 48.5 Å². The zero-order chi connectivity index (χ0) is 25.4. The summed E-state index contributed by atoms with van der Waals surface area (Å²) in [6.07, 6.45) is 4.12. The quantitative estimate of drug-likeness (QED) is 0.271. The summed E-state index contributed by atoms with van der Waals surface area (Å²) in [4.78, 5) is 0.317. The van der Waals surface area contributed by atoms with Gasteiger partial charge in [0.15, 0.2) is 0 Å². The van der Waals surface area contributed by atoms with E-state index in [9.17, 15) is 13.5 Å². The van der Waals surface area contributed by atoms with Gasteiger partial charge in [0.2, 0.25) is 18.2 Å². The smallest absolute Gasteiger partial charge is 0.205 e. The predicted octanol–water partition coefficient (Wildman–Crippen LogP) is 7.50. The summed E-state index contributed by atoms with van der Waals surface area (Å²) in [6.45, 7) is 19.5. The van der Waals surface area contributed by atoms with Gasteiger partial charge in [-0.1, -0.05) is 99.4 Å². The van der Waals surface area contributed by atoms with Crippen LogP contribution in [0.25, 0.3) is 0 Å². The Balaban J connectivity index is 3.44. The lowest BCUT2D eigenvalue weighted by molar-refractivity contribution is 0.157. The third-order valence-corrected chi connectivity index (χ3v) is 14.9. The average Bonchev–Trinajstić information content (AvgIpc) is 2.74. The summed E-state index contributed by atoms with van der Waals surface area (Å²) >= 11 is 0. The van der Waals surface area contributed by atoms with Crippen molar-refractivity contribution in [3.63, 3.8) is 0 Å². The largest absolute Gasteiger partial charge is 0.413 e. The van der Waals surface area contributed by atoms with Crippen LogP contribution < -0.4 is 0 Å². The predicted molar refractivity (Wildman–Crippen MR) is 143 cm³/mol. The molecule has 0 fully saturated rings. The molecule has 0 amide bonds. The highest BCUT2D eigenvalue weighted by molar-refractivity contribution is 7.95. The van der Waals surface area contributed by atoms with Crippen LogP contribution in [0, 0.1) is 5.92 Å². The highest BCUT2D eigenvalue weighted by Gasteiger charge is 2.46. The van der Waals surface area contributed by atoms with Crippen LogP contribution in [0.15, 0.2) is 46.2 Å². The molecule has 0 saturated heterocycles. The molecule has 1 rings (SSSR count). The first-order valence-electron chi connectivity index (χ1n) is 12.7. The summed E-state index contributed by atoms with van der Waals surface area (Å²) in [5.74, 6) is -0.208. The van der Waals surface area contributed by atoms with E-state index in [4.69, 9.17) is 4.43 Å². The molecule has 190 valence electrons. The Morgan fingerprint density at radius 2 is 1.48 bits per heavy atom. The first kappa shape index (κ1) is 30.1. The minimum Gasteiger partial charge on any atom is -0.413 e. The summed E-state index contributed by atoms with van der Waals surface area (Å²) in [7, 11) is -5.90. The second kappa shape index (κ2) is 13.2. The molecule has 2 unspecified atom stereocenters. The van der Waals surface area contributed by atoms with Crippen molar-refractivity contribution in [3.05, 3.63) is 41.3 Å². The Morgan fingerprint density at radius 1 is 0.970 bits per heavy atom. The molecule has 0 heterocycles. The lowest BCUT2D eigenvalue weighted by Gasteiger charge is -2.44. The van der Waals surface area contributed by atoms with E-state index >= 15 is 0 Å². The van der Waals surface area contributed by atoms with Gasteiger partial charge in [-0.25, -0.2) is 8.42 Å². The zero-order valence-electron chi connectivity index (χ0n) is 22.3. The monoisotopic (exact) mass is 496 g/mol. The molecule has 6 heteroatoms. The number of aliphatic hydroxyl groups is 1. The summed E-state index contributed by atoms with van der Waals surface area (Å²) in [5, 5.41) is 10.9. The van der Waals surface area contributed by atoms with Crippen LogP contribution in [0.4, 0.5) is 0 Å². The Bertz CT molecular complexity index is 807. The molecule has 0 aromatic heterocycles. The van der Waals surface area contributed by atoms with Gasteiger partial charge in [-0.2, -0.15) is 0 Å². The highest BCUT2D eigenvalue weighted by atomic mass is 32.2. The van der Waals surface area contributed by atoms with Gasteiger partial charge in [0, 0.05) is 6.10 Å². The van der Waals surface area contributed by atoms with E-state index in [-0.39, 0.29) is 21.8 Å². The number of rotatable bonds is 14. The van der Waals surface area contributed by atoms with E-state index in [1.807, 2.05) is 13.8 Å². The molecule has 1 aromatic carbocycles. The number of unbranched alkanes of at least 4 members (excludes halogenated alkanes) is 1. The van der Waals surface area contributed by atoms with Crippen molar-refractivity contribution in [3.8, 4) is 0 Å². The van der Waals surface area contributed by atoms with Gasteiger partial charge < -0.3 is 9.53 Å². The maximum atomic E-state index is 13.5. The molecule has 0 saturated carbocycles. The average molecular weight is 497 g/mol. The Kier molecular flexibility index (Phi) is 12.0. The van der Waals surface area contributed by atoms with Crippen LogP contribution in [-0.2, 0) is 14.3 Å². The third-order valence-electron chi connectivity index (χ3n) is 6.83. The van der Waals surface area contributed by atoms with Crippen LogP contribution >= 0.6 is 0 Å². The van der Waals surface area contributed by atoms with Crippen molar-refractivity contribution in [1.82, 2.24) is 0 Å². The minimum atomic E-state index is -3.79. The van der Waals surface area contributed by atoms with E-state index < -0.39 is 24.3 Å². The van der Waals surface area contributed by atoms with Gasteiger partial charge in [-0.05, 0) is 47.5 Å². The van der Waals surface area contributed by atoms with Gasteiger partial charge in [0.1, 0.15) is 0 Å². The van der Waals surface area contributed by atoms with Crippen molar-refractivity contribution in [1.29, 1.82) is 0 Å². The SMILES string of the molecule is CCCCC(C/C=C(/C(O)C(C)C)S(=O)(=O)c1ccccc1)O[Si](C(C)C)(C(C)C)C(C)C. The van der Waals surface area contributed by atoms with E-state index in [0.717, 1.165) is 19.3 Å². The van der Waals surface area contributed by atoms with Gasteiger partial charge in [0.05, 0.1) is 15.9 Å². The van der Waals surface area contributed by atoms with E-state index in [1.165, 1.54) is 0 Å². The molecule has 1 N–H and O–H groups in total. The molecule has 33 heavy (non-hydrogen) atoms. The topological polar surface area (TPSA) is 63.6 Å². The fraction of sp³-hybridized carbons (Fsp3) is 0.704. The summed E-state index contributed by atoms with van der Waals surface area (Å²) in [6, 6.07) is 8.41. The maximum Gasteiger partial charge on any atom is 0.205 e. The van der Waals surface area contributed by atoms with E-state index in [0.29, 0.717) is 23.0 Å². The maximum absolute atomic E-state index is 13.5. The molecule has 0 bridgehead atoms. The highest BCUT2D eigenvalue weighted by Crippen LogP contribution is 2.44. The zero-order valence-corrected chi connectivity index (χ0v) is 24.2. The van der Waals surface area contributed by atoms with E-state index in [1.54, 1.807) is 36.4 Å². The van der Waals surface area contributed by atoms with Crippen LogP contribution in [0.2, 0.25) is 16.6 Å². The molecule has 4 nitrogen and oxygen atoms in total. The van der Waals surface area contributed by atoms with Crippen LogP contribution in [0.1, 0.15) is 88.0 Å². The normalized spacial score (nSPS) is 15.6. The Hall–Kier alpha value is -0.953. The van der Waals surface area contributed by atoms with Crippen LogP contribution in [0.5, 0.6) is 0 Å². The van der Waals surface area contributed by atoms with Crippen molar-refractivity contribution >= 4 is 18.2 Å². The number of aliphatic hydroxyl groups excluding tert-OH is 1. The Labute approximate surface area is 204 Å². The fourth-order valence-corrected chi connectivity index (χ4v) is 12.4. The molecule has 0 aliphatic heterocycles. The number of benzene rings is 1. The van der Waals surface area contributed by atoms with Gasteiger partial charge in [-0.3, -0.25) is 0 Å².